The van der Waals surface area contributed by atoms with E-state index in [-0.39, 0.29) is 6.04 Å². The number of thiophene rings is 1. The second kappa shape index (κ2) is 6.06. The van der Waals surface area contributed by atoms with E-state index in [0.717, 1.165) is 17.4 Å². The molecule has 2 heterocycles. The monoisotopic (exact) mass is 306 g/mol. The molecule has 1 saturated heterocycles. The Labute approximate surface area is 129 Å². The second-order valence-electron chi connectivity index (χ2n) is 5.22. The molecule has 0 radical (unpaired) electrons. The van der Waals surface area contributed by atoms with E-state index in [1.54, 1.807) is 11.3 Å². The van der Waals surface area contributed by atoms with E-state index < -0.39 is 0 Å². The van der Waals surface area contributed by atoms with Gasteiger partial charge in [-0.1, -0.05) is 23.7 Å². The molecule has 1 aliphatic rings. The summed E-state index contributed by atoms with van der Waals surface area (Å²) in [6.45, 7) is 4.51. The lowest BCUT2D eigenvalue weighted by Gasteiger charge is -2.24. The van der Waals surface area contributed by atoms with Crippen LogP contribution in [0.1, 0.15) is 30.7 Å². The molecule has 4 heteroatoms. The first-order valence-corrected chi connectivity index (χ1v) is 8.29. The van der Waals surface area contributed by atoms with Crippen molar-refractivity contribution in [1.29, 1.82) is 0 Å². The normalized spacial score (nSPS) is 16.4. The van der Waals surface area contributed by atoms with Gasteiger partial charge in [-0.05, 0) is 44.0 Å². The van der Waals surface area contributed by atoms with E-state index in [2.05, 4.69) is 47.5 Å². The Balaban J connectivity index is 1.79. The van der Waals surface area contributed by atoms with Gasteiger partial charge in [0.1, 0.15) is 0 Å². The Morgan fingerprint density at radius 3 is 2.60 bits per heavy atom. The molecule has 0 bridgehead atoms. The van der Waals surface area contributed by atoms with Crippen LogP contribution in [0.5, 0.6) is 0 Å². The zero-order valence-electron chi connectivity index (χ0n) is 11.6. The minimum absolute atomic E-state index is 0.274. The van der Waals surface area contributed by atoms with Crippen molar-refractivity contribution in [3.63, 3.8) is 0 Å². The summed E-state index contributed by atoms with van der Waals surface area (Å²) in [4.78, 5) is 3.74. The molecular formula is C16H19ClN2S. The van der Waals surface area contributed by atoms with Crippen LogP contribution in [0.2, 0.25) is 4.34 Å². The Morgan fingerprint density at radius 2 is 1.90 bits per heavy atom. The number of nitrogens with zero attached hydrogens (tertiary/aromatic N) is 1. The molecule has 1 fully saturated rings. The maximum atomic E-state index is 6.02. The maximum absolute atomic E-state index is 6.02. The third-order valence-corrected chi connectivity index (χ3v) is 5.16. The highest BCUT2D eigenvalue weighted by Crippen LogP contribution is 2.33. The minimum atomic E-state index is 0.274. The van der Waals surface area contributed by atoms with E-state index in [4.69, 9.17) is 11.6 Å². The topological polar surface area (TPSA) is 15.3 Å². The zero-order chi connectivity index (χ0) is 13.9. The van der Waals surface area contributed by atoms with Gasteiger partial charge in [0.25, 0.3) is 0 Å². The number of hydrogen-bond donors (Lipinski definition) is 1. The Morgan fingerprint density at radius 1 is 1.15 bits per heavy atom. The highest BCUT2D eigenvalue weighted by Gasteiger charge is 2.17. The molecule has 0 aliphatic carbocycles. The van der Waals surface area contributed by atoms with Crippen LogP contribution in [0.25, 0.3) is 0 Å². The number of halogens is 1. The first-order chi connectivity index (χ1) is 9.74. The predicted octanol–water partition coefficient (Wildman–Crippen LogP) is 5.17. The zero-order valence-corrected chi connectivity index (χ0v) is 13.2. The summed E-state index contributed by atoms with van der Waals surface area (Å²) < 4.78 is 0.849. The molecule has 0 saturated carbocycles. The fourth-order valence-electron chi connectivity index (χ4n) is 2.69. The fraction of sp³-hybridized carbons (Fsp3) is 0.375. The number of para-hydroxylation sites is 2. The average molecular weight is 307 g/mol. The number of hydrogen-bond acceptors (Lipinski definition) is 3. The van der Waals surface area contributed by atoms with Gasteiger partial charge in [-0.15, -0.1) is 11.3 Å². The lowest BCUT2D eigenvalue weighted by atomic mass is 10.2. The third-order valence-electron chi connectivity index (χ3n) is 3.74. The van der Waals surface area contributed by atoms with Gasteiger partial charge in [0, 0.05) is 18.0 Å². The van der Waals surface area contributed by atoms with Crippen molar-refractivity contribution in [2.45, 2.75) is 25.8 Å². The van der Waals surface area contributed by atoms with Crippen molar-refractivity contribution in [3.8, 4) is 0 Å². The summed E-state index contributed by atoms with van der Waals surface area (Å²) in [5.41, 5.74) is 2.53. The van der Waals surface area contributed by atoms with Gasteiger partial charge in [-0.2, -0.15) is 0 Å². The molecule has 3 rings (SSSR count). The highest BCUT2D eigenvalue weighted by molar-refractivity contribution is 7.16. The van der Waals surface area contributed by atoms with E-state index in [1.807, 2.05) is 6.07 Å². The number of benzene rings is 1. The fourth-order valence-corrected chi connectivity index (χ4v) is 3.76. The van der Waals surface area contributed by atoms with Crippen molar-refractivity contribution in [1.82, 2.24) is 0 Å². The average Bonchev–Trinajstić information content (AvgIpc) is 3.10. The van der Waals surface area contributed by atoms with Crippen LogP contribution in [0.3, 0.4) is 0 Å². The smallest absolute Gasteiger partial charge is 0.0932 e. The summed E-state index contributed by atoms with van der Waals surface area (Å²) in [6.07, 6.45) is 2.59. The second-order valence-corrected chi connectivity index (χ2v) is 6.97. The number of nitrogens with one attached hydrogen (secondary N) is 1. The molecule has 1 atom stereocenters. The Hall–Kier alpha value is -1.19. The highest BCUT2D eigenvalue weighted by atomic mass is 35.5. The summed E-state index contributed by atoms with van der Waals surface area (Å²) >= 11 is 7.67. The van der Waals surface area contributed by atoms with Crippen LogP contribution in [-0.4, -0.2) is 13.1 Å². The molecule has 1 aromatic carbocycles. The molecule has 1 unspecified atom stereocenters. The van der Waals surface area contributed by atoms with E-state index in [9.17, 15) is 0 Å². The number of anilines is 2. The molecule has 1 aromatic heterocycles. The quantitative estimate of drug-likeness (QED) is 0.837. The first-order valence-electron chi connectivity index (χ1n) is 7.10. The molecule has 106 valence electrons. The van der Waals surface area contributed by atoms with E-state index >= 15 is 0 Å². The summed E-state index contributed by atoms with van der Waals surface area (Å²) in [7, 11) is 0. The van der Waals surface area contributed by atoms with Crippen LogP contribution in [-0.2, 0) is 0 Å². The minimum Gasteiger partial charge on any atom is -0.376 e. The van der Waals surface area contributed by atoms with Crippen LogP contribution in [0.4, 0.5) is 11.4 Å². The van der Waals surface area contributed by atoms with Crippen molar-refractivity contribution in [2.24, 2.45) is 0 Å². The predicted molar refractivity (Wildman–Crippen MR) is 89.3 cm³/mol. The number of rotatable bonds is 4. The molecule has 0 spiro atoms. The van der Waals surface area contributed by atoms with Crippen LogP contribution in [0, 0.1) is 0 Å². The molecular weight excluding hydrogens is 288 g/mol. The lowest BCUT2D eigenvalue weighted by Crippen LogP contribution is -2.19. The van der Waals surface area contributed by atoms with Crippen LogP contribution in [0.15, 0.2) is 36.4 Å². The van der Waals surface area contributed by atoms with Gasteiger partial charge >= 0.3 is 0 Å². The first kappa shape index (κ1) is 13.8. The molecule has 20 heavy (non-hydrogen) atoms. The van der Waals surface area contributed by atoms with Gasteiger partial charge < -0.3 is 10.2 Å². The third kappa shape index (κ3) is 2.94. The standard InChI is InChI=1S/C16H19ClN2S/c1-12(15-8-9-16(17)20-15)18-13-6-2-3-7-14(13)19-10-4-5-11-19/h2-3,6-9,12,18H,4-5,10-11H2,1H3. The van der Waals surface area contributed by atoms with Crippen molar-refractivity contribution in [2.75, 3.05) is 23.3 Å². The summed E-state index contributed by atoms with van der Waals surface area (Å²) in [5, 5.41) is 3.63. The Bertz CT molecular complexity index is 575. The van der Waals surface area contributed by atoms with Crippen LogP contribution >= 0.6 is 22.9 Å². The largest absolute Gasteiger partial charge is 0.376 e. The molecule has 0 amide bonds. The molecule has 1 aliphatic heterocycles. The SMILES string of the molecule is CC(Nc1ccccc1N1CCCC1)c1ccc(Cl)s1. The molecule has 1 N–H and O–H groups in total. The van der Waals surface area contributed by atoms with Gasteiger partial charge in [0.05, 0.1) is 21.8 Å². The van der Waals surface area contributed by atoms with Gasteiger partial charge in [-0.3, -0.25) is 0 Å². The van der Waals surface area contributed by atoms with Crippen molar-refractivity contribution in [3.05, 3.63) is 45.6 Å². The summed E-state index contributed by atoms with van der Waals surface area (Å²) in [6, 6.07) is 12.9. The Kier molecular flexibility index (Phi) is 4.18. The van der Waals surface area contributed by atoms with Crippen molar-refractivity contribution >= 4 is 34.3 Å². The van der Waals surface area contributed by atoms with E-state index in [1.165, 1.54) is 29.1 Å². The molecule has 2 nitrogen and oxygen atoms in total. The van der Waals surface area contributed by atoms with Gasteiger partial charge in [0.15, 0.2) is 0 Å². The van der Waals surface area contributed by atoms with E-state index in [0.29, 0.717) is 0 Å². The van der Waals surface area contributed by atoms with Gasteiger partial charge in [0.2, 0.25) is 0 Å². The maximum Gasteiger partial charge on any atom is 0.0932 e. The lowest BCUT2D eigenvalue weighted by molar-refractivity contribution is 0.898. The molecule has 2 aromatic rings. The van der Waals surface area contributed by atoms with Crippen molar-refractivity contribution < 1.29 is 0 Å². The summed E-state index contributed by atoms with van der Waals surface area (Å²) in [5.74, 6) is 0. The van der Waals surface area contributed by atoms with Gasteiger partial charge in [-0.25, -0.2) is 0 Å². The van der Waals surface area contributed by atoms with Crippen LogP contribution < -0.4 is 10.2 Å².